The zero-order chi connectivity index (χ0) is 18.6. The molecule has 3 rings (SSSR count). The maximum Gasteiger partial charge on any atom is 0.405 e. The number of para-hydroxylation sites is 2. The van der Waals surface area contributed by atoms with E-state index in [0.717, 1.165) is 5.56 Å². The number of carbonyl (C=O) groups is 1. The van der Waals surface area contributed by atoms with Gasteiger partial charge < -0.3 is 15.1 Å². The van der Waals surface area contributed by atoms with Gasteiger partial charge in [-0.05, 0) is 24.3 Å². The fraction of sp³-hybridized carbons (Fsp3) is 0.111. The van der Waals surface area contributed by atoms with Crippen LogP contribution in [0, 0.1) is 0 Å². The summed E-state index contributed by atoms with van der Waals surface area (Å²) in [4.78, 5) is 16.2. The van der Waals surface area contributed by atoms with Crippen LogP contribution in [-0.2, 0) is 0 Å². The van der Waals surface area contributed by atoms with Crippen molar-refractivity contribution in [3.8, 4) is 11.3 Å². The van der Waals surface area contributed by atoms with Crippen LogP contribution < -0.4 is 10.6 Å². The van der Waals surface area contributed by atoms with Crippen LogP contribution in [-0.4, -0.2) is 23.6 Å². The van der Waals surface area contributed by atoms with E-state index in [0.29, 0.717) is 11.3 Å². The molecule has 0 aliphatic heterocycles. The van der Waals surface area contributed by atoms with Gasteiger partial charge in [0.25, 0.3) is 5.91 Å². The van der Waals surface area contributed by atoms with Gasteiger partial charge in [-0.3, -0.25) is 4.79 Å². The summed E-state index contributed by atoms with van der Waals surface area (Å²) in [5.74, 6) is 0.133. The molecule has 26 heavy (non-hydrogen) atoms. The van der Waals surface area contributed by atoms with Crippen molar-refractivity contribution in [2.24, 2.45) is 0 Å². The molecule has 0 saturated heterocycles. The number of hydrogen-bond acceptors (Lipinski definition) is 4. The Balaban J connectivity index is 1.72. The van der Waals surface area contributed by atoms with Gasteiger partial charge in [0.1, 0.15) is 6.54 Å². The first kappa shape index (κ1) is 17.5. The third-order valence-corrected chi connectivity index (χ3v) is 3.52. The van der Waals surface area contributed by atoms with E-state index in [1.807, 2.05) is 0 Å². The van der Waals surface area contributed by atoms with Gasteiger partial charge in [-0.25, -0.2) is 4.98 Å². The van der Waals surface area contributed by atoms with Crippen LogP contribution in [0.25, 0.3) is 11.3 Å². The Morgan fingerprint density at radius 3 is 2.35 bits per heavy atom. The molecular formula is C18H14F3N3O2. The first-order valence-electron chi connectivity index (χ1n) is 7.62. The van der Waals surface area contributed by atoms with Gasteiger partial charge in [0, 0.05) is 11.1 Å². The van der Waals surface area contributed by atoms with Crippen molar-refractivity contribution >= 4 is 17.3 Å². The van der Waals surface area contributed by atoms with Crippen LogP contribution in [0.1, 0.15) is 10.4 Å². The number of amides is 1. The topological polar surface area (TPSA) is 67.2 Å². The number of oxazole rings is 1. The van der Waals surface area contributed by atoms with Crippen LogP contribution in [0.15, 0.2) is 65.5 Å². The van der Waals surface area contributed by atoms with Gasteiger partial charge in [-0.2, -0.15) is 13.2 Å². The molecule has 0 spiro atoms. The number of anilines is 2. The van der Waals surface area contributed by atoms with Crippen LogP contribution in [0.2, 0.25) is 0 Å². The number of carbonyl (C=O) groups excluding carboxylic acids is 1. The number of hydrogen-bond donors (Lipinski definition) is 2. The highest BCUT2D eigenvalue weighted by Gasteiger charge is 2.27. The second-order valence-electron chi connectivity index (χ2n) is 5.41. The third-order valence-electron chi connectivity index (χ3n) is 3.52. The van der Waals surface area contributed by atoms with Gasteiger partial charge >= 0.3 is 6.18 Å². The molecule has 0 aliphatic carbocycles. The molecule has 2 N–H and O–H groups in total. The molecule has 1 heterocycles. The monoisotopic (exact) mass is 361 g/mol. The number of alkyl halides is 3. The summed E-state index contributed by atoms with van der Waals surface area (Å²) in [5.41, 5.74) is 1.57. The van der Waals surface area contributed by atoms with Crippen LogP contribution in [0.5, 0.6) is 0 Å². The highest BCUT2D eigenvalue weighted by molar-refractivity contribution is 6.06. The summed E-state index contributed by atoms with van der Waals surface area (Å²) in [6.45, 7) is -1.19. The summed E-state index contributed by atoms with van der Waals surface area (Å²) in [5, 5.41) is 4.89. The van der Waals surface area contributed by atoms with E-state index in [1.54, 1.807) is 42.6 Å². The quantitative estimate of drug-likeness (QED) is 0.699. The number of benzene rings is 2. The summed E-state index contributed by atoms with van der Waals surface area (Å²) < 4.78 is 42.4. The first-order valence-corrected chi connectivity index (χ1v) is 7.62. The Kier molecular flexibility index (Phi) is 4.92. The smallest absolute Gasteiger partial charge is 0.405 e. The predicted octanol–water partition coefficient (Wildman–Crippen LogP) is 4.57. The van der Waals surface area contributed by atoms with Crippen molar-refractivity contribution in [1.29, 1.82) is 0 Å². The lowest BCUT2D eigenvalue weighted by Crippen LogP contribution is -2.22. The summed E-state index contributed by atoms with van der Waals surface area (Å²) >= 11 is 0. The van der Waals surface area contributed by atoms with E-state index in [-0.39, 0.29) is 11.4 Å². The number of nitrogens with one attached hydrogen (secondary N) is 2. The minimum absolute atomic E-state index is 0.191. The molecule has 0 saturated carbocycles. The lowest BCUT2D eigenvalue weighted by Gasteiger charge is -2.14. The van der Waals surface area contributed by atoms with Crippen LogP contribution in [0.4, 0.5) is 24.5 Å². The van der Waals surface area contributed by atoms with Crippen molar-refractivity contribution in [3.63, 3.8) is 0 Å². The normalized spacial score (nSPS) is 11.2. The van der Waals surface area contributed by atoms with Crippen molar-refractivity contribution in [3.05, 3.63) is 66.7 Å². The Hall–Kier alpha value is -3.29. The largest absolute Gasteiger partial charge is 0.444 e. The Labute approximate surface area is 146 Å². The molecule has 1 aromatic heterocycles. The zero-order valence-corrected chi connectivity index (χ0v) is 13.4. The molecular weight excluding hydrogens is 347 g/mol. The van der Waals surface area contributed by atoms with Crippen LogP contribution >= 0.6 is 0 Å². The minimum Gasteiger partial charge on any atom is -0.444 e. The number of nitrogens with zero attached hydrogens (tertiary/aromatic N) is 1. The van der Waals surface area contributed by atoms with Crippen molar-refractivity contribution in [2.45, 2.75) is 6.18 Å². The van der Waals surface area contributed by atoms with Crippen molar-refractivity contribution < 1.29 is 22.4 Å². The molecule has 134 valence electrons. The second-order valence-corrected chi connectivity index (χ2v) is 5.41. The molecule has 1 amide bonds. The average Bonchev–Trinajstić information content (AvgIpc) is 3.15. The van der Waals surface area contributed by atoms with E-state index >= 15 is 0 Å². The molecule has 5 nitrogen and oxygen atoms in total. The number of halogens is 3. The van der Waals surface area contributed by atoms with E-state index < -0.39 is 18.6 Å². The molecule has 2 aromatic carbocycles. The second kappa shape index (κ2) is 7.30. The van der Waals surface area contributed by atoms with E-state index in [4.69, 9.17) is 4.42 Å². The zero-order valence-electron chi connectivity index (χ0n) is 13.4. The standard InChI is InChI=1S/C18H14F3N3O2/c19-18(20,21)10-23-14-3-1-2-4-15(14)24-17(25)13-7-5-12(6-8-13)16-9-22-11-26-16/h1-9,11,23H,10H2,(H,24,25). The van der Waals surface area contributed by atoms with Gasteiger partial charge in [-0.15, -0.1) is 0 Å². The Morgan fingerprint density at radius 1 is 1.04 bits per heavy atom. The maximum atomic E-state index is 12.4. The van der Waals surface area contributed by atoms with Crippen LogP contribution in [0.3, 0.4) is 0 Å². The van der Waals surface area contributed by atoms with Gasteiger partial charge in [0.15, 0.2) is 12.2 Å². The van der Waals surface area contributed by atoms with E-state index in [2.05, 4.69) is 15.6 Å². The van der Waals surface area contributed by atoms with Gasteiger partial charge in [0.05, 0.1) is 17.6 Å². The fourth-order valence-corrected chi connectivity index (χ4v) is 2.28. The Bertz CT molecular complexity index is 875. The highest BCUT2D eigenvalue weighted by atomic mass is 19.4. The predicted molar refractivity (Wildman–Crippen MR) is 90.9 cm³/mol. The van der Waals surface area contributed by atoms with Crippen molar-refractivity contribution in [2.75, 3.05) is 17.2 Å². The third kappa shape index (κ3) is 4.41. The number of rotatable bonds is 5. The van der Waals surface area contributed by atoms with E-state index in [9.17, 15) is 18.0 Å². The molecule has 0 bridgehead atoms. The summed E-state index contributed by atoms with van der Waals surface area (Å²) in [7, 11) is 0. The van der Waals surface area contributed by atoms with Crippen molar-refractivity contribution in [1.82, 2.24) is 4.98 Å². The lowest BCUT2D eigenvalue weighted by atomic mass is 10.1. The molecule has 0 unspecified atom stereocenters. The molecule has 0 aliphatic rings. The molecule has 0 atom stereocenters. The first-order chi connectivity index (χ1) is 12.4. The average molecular weight is 361 g/mol. The molecule has 3 aromatic rings. The summed E-state index contributed by atoms with van der Waals surface area (Å²) in [6, 6.07) is 12.8. The van der Waals surface area contributed by atoms with Gasteiger partial charge in [-0.1, -0.05) is 24.3 Å². The summed E-state index contributed by atoms with van der Waals surface area (Å²) in [6.07, 6.45) is -1.49. The molecule has 0 radical (unpaired) electrons. The fourth-order valence-electron chi connectivity index (χ4n) is 2.28. The minimum atomic E-state index is -4.35. The SMILES string of the molecule is O=C(Nc1ccccc1NCC(F)(F)F)c1ccc(-c2cnco2)cc1. The maximum absolute atomic E-state index is 12.4. The van der Waals surface area contributed by atoms with E-state index in [1.165, 1.54) is 18.5 Å². The highest BCUT2D eigenvalue weighted by Crippen LogP contribution is 2.25. The lowest BCUT2D eigenvalue weighted by molar-refractivity contribution is -0.115. The Morgan fingerprint density at radius 2 is 1.73 bits per heavy atom. The molecule has 0 fully saturated rings. The molecule has 8 heteroatoms. The number of aromatic nitrogens is 1. The van der Waals surface area contributed by atoms with Gasteiger partial charge in [0.2, 0.25) is 0 Å².